The second-order valence-corrected chi connectivity index (χ2v) is 4.49. The Balaban J connectivity index is 2.52. The number of nitrogens with two attached hydrogens (primary N) is 1. The Morgan fingerprint density at radius 2 is 2.06 bits per heavy atom. The van der Waals surface area contributed by atoms with Gasteiger partial charge < -0.3 is 0 Å². The average Bonchev–Trinajstić information content (AvgIpc) is 2.36. The Morgan fingerprint density at radius 3 is 2.72 bits per heavy atom. The van der Waals surface area contributed by atoms with Crippen molar-refractivity contribution in [1.82, 2.24) is 10.4 Å². The van der Waals surface area contributed by atoms with Crippen LogP contribution in [0.15, 0.2) is 41.0 Å². The lowest BCUT2D eigenvalue weighted by molar-refractivity contribution is 0.539. The Labute approximate surface area is 111 Å². The predicted molar refractivity (Wildman–Crippen MR) is 67.5 cm³/mol. The minimum atomic E-state index is -0.726. The van der Waals surface area contributed by atoms with Crippen molar-refractivity contribution in [3.8, 4) is 0 Å². The van der Waals surface area contributed by atoms with Gasteiger partial charge in [-0.15, -0.1) is 0 Å². The highest BCUT2D eigenvalue weighted by Crippen LogP contribution is 2.28. The molecule has 1 aromatic heterocycles. The van der Waals surface area contributed by atoms with Crippen LogP contribution in [0.25, 0.3) is 0 Å². The zero-order chi connectivity index (χ0) is 13.1. The van der Waals surface area contributed by atoms with E-state index in [2.05, 4.69) is 26.3 Å². The third kappa shape index (κ3) is 2.55. The maximum absolute atomic E-state index is 13.7. The van der Waals surface area contributed by atoms with E-state index in [1.807, 2.05) is 0 Å². The van der Waals surface area contributed by atoms with E-state index in [4.69, 9.17) is 5.84 Å². The van der Waals surface area contributed by atoms with Gasteiger partial charge in [-0.05, 0) is 46.3 Å². The Hall–Kier alpha value is -1.37. The van der Waals surface area contributed by atoms with Crippen molar-refractivity contribution in [3.63, 3.8) is 0 Å². The summed E-state index contributed by atoms with van der Waals surface area (Å²) >= 11 is 3.30. The molecular formula is C12H10BrF2N3. The molecule has 1 atom stereocenters. The Kier molecular flexibility index (Phi) is 4.00. The van der Waals surface area contributed by atoms with Crippen LogP contribution >= 0.6 is 15.9 Å². The summed E-state index contributed by atoms with van der Waals surface area (Å²) in [5.74, 6) is 4.35. The molecule has 0 radical (unpaired) electrons. The number of hydrazine groups is 1. The monoisotopic (exact) mass is 313 g/mol. The molecular weight excluding hydrogens is 304 g/mol. The summed E-state index contributed by atoms with van der Waals surface area (Å²) in [7, 11) is 0. The molecule has 0 fully saturated rings. The third-order valence-corrected chi connectivity index (χ3v) is 3.17. The SMILES string of the molecule is NNC(c1cc(F)ccc1F)c1ncccc1Br. The molecule has 1 heterocycles. The molecule has 0 saturated heterocycles. The van der Waals surface area contributed by atoms with E-state index in [-0.39, 0.29) is 5.56 Å². The molecule has 3 N–H and O–H groups in total. The molecule has 0 amide bonds. The van der Waals surface area contributed by atoms with Crippen LogP contribution in [0, 0.1) is 11.6 Å². The number of nitrogens with zero attached hydrogens (tertiary/aromatic N) is 1. The van der Waals surface area contributed by atoms with E-state index in [1.54, 1.807) is 18.3 Å². The van der Waals surface area contributed by atoms with Gasteiger partial charge in [-0.3, -0.25) is 10.8 Å². The fourth-order valence-electron chi connectivity index (χ4n) is 1.66. The van der Waals surface area contributed by atoms with Crippen LogP contribution in [0.4, 0.5) is 8.78 Å². The maximum Gasteiger partial charge on any atom is 0.128 e. The number of rotatable bonds is 3. The lowest BCUT2D eigenvalue weighted by Gasteiger charge is -2.17. The molecule has 0 aliphatic carbocycles. The fourth-order valence-corrected chi connectivity index (χ4v) is 2.15. The van der Waals surface area contributed by atoms with E-state index in [1.165, 1.54) is 0 Å². The molecule has 0 aliphatic rings. The van der Waals surface area contributed by atoms with E-state index in [0.29, 0.717) is 10.2 Å². The van der Waals surface area contributed by atoms with Crippen molar-refractivity contribution < 1.29 is 8.78 Å². The van der Waals surface area contributed by atoms with Gasteiger partial charge in [0, 0.05) is 16.2 Å². The molecule has 94 valence electrons. The molecule has 18 heavy (non-hydrogen) atoms. The van der Waals surface area contributed by atoms with Gasteiger partial charge in [-0.25, -0.2) is 14.2 Å². The summed E-state index contributed by atoms with van der Waals surface area (Å²) in [6.07, 6.45) is 1.56. The topological polar surface area (TPSA) is 50.9 Å². The zero-order valence-corrected chi connectivity index (χ0v) is 10.8. The number of nitrogens with one attached hydrogen (secondary N) is 1. The molecule has 0 aliphatic heterocycles. The summed E-state index contributed by atoms with van der Waals surface area (Å²) in [6, 6.07) is 5.97. The summed E-state index contributed by atoms with van der Waals surface area (Å²) < 4.78 is 27.6. The van der Waals surface area contributed by atoms with Crippen LogP contribution in [0.2, 0.25) is 0 Å². The summed E-state index contributed by atoms with van der Waals surface area (Å²) in [6.45, 7) is 0. The van der Waals surface area contributed by atoms with E-state index in [9.17, 15) is 8.78 Å². The highest BCUT2D eigenvalue weighted by Gasteiger charge is 2.20. The molecule has 0 saturated carbocycles. The lowest BCUT2D eigenvalue weighted by atomic mass is 10.0. The van der Waals surface area contributed by atoms with Crippen LogP contribution < -0.4 is 11.3 Å². The predicted octanol–water partition coefficient (Wildman–Crippen LogP) is 2.68. The second-order valence-electron chi connectivity index (χ2n) is 3.64. The van der Waals surface area contributed by atoms with Gasteiger partial charge in [0.15, 0.2) is 0 Å². The molecule has 1 aromatic carbocycles. The standard InChI is InChI=1S/C12H10BrF2N3/c13-9-2-1-5-17-12(9)11(18-16)8-6-7(14)3-4-10(8)15/h1-6,11,18H,16H2. The van der Waals surface area contributed by atoms with Crippen LogP contribution in [0.1, 0.15) is 17.3 Å². The Morgan fingerprint density at radius 1 is 1.28 bits per heavy atom. The first kappa shape index (κ1) is 13.1. The molecule has 6 heteroatoms. The minimum absolute atomic E-state index is 0.108. The first-order chi connectivity index (χ1) is 8.63. The van der Waals surface area contributed by atoms with Gasteiger partial charge in [-0.2, -0.15) is 0 Å². The minimum Gasteiger partial charge on any atom is -0.271 e. The van der Waals surface area contributed by atoms with Gasteiger partial charge >= 0.3 is 0 Å². The summed E-state index contributed by atoms with van der Waals surface area (Å²) in [5.41, 5.74) is 3.04. The summed E-state index contributed by atoms with van der Waals surface area (Å²) in [4.78, 5) is 4.12. The third-order valence-electron chi connectivity index (χ3n) is 2.50. The molecule has 3 nitrogen and oxygen atoms in total. The summed E-state index contributed by atoms with van der Waals surface area (Å²) in [5, 5.41) is 0. The highest BCUT2D eigenvalue weighted by atomic mass is 79.9. The largest absolute Gasteiger partial charge is 0.271 e. The maximum atomic E-state index is 13.7. The molecule has 1 unspecified atom stereocenters. The fraction of sp³-hybridized carbons (Fsp3) is 0.0833. The number of pyridine rings is 1. The molecule has 2 aromatic rings. The van der Waals surface area contributed by atoms with Crippen LogP contribution in [0.5, 0.6) is 0 Å². The van der Waals surface area contributed by atoms with Crippen molar-refractivity contribution in [2.75, 3.05) is 0 Å². The molecule has 0 bridgehead atoms. The quantitative estimate of drug-likeness (QED) is 0.676. The normalized spacial score (nSPS) is 12.4. The van der Waals surface area contributed by atoms with Crippen molar-refractivity contribution in [1.29, 1.82) is 0 Å². The smallest absolute Gasteiger partial charge is 0.128 e. The van der Waals surface area contributed by atoms with Crippen molar-refractivity contribution >= 4 is 15.9 Å². The Bertz CT molecular complexity index is 563. The number of benzene rings is 1. The molecule has 2 rings (SSSR count). The van der Waals surface area contributed by atoms with Gasteiger partial charge in [0.05, 0.1) is 11.7 Å². The van der Waals surface area contributed by atoms with Crippen LogP contribution in [-0.4, -0.2) is 4.98 Å². The molecule has 0 spiro atoms. The van der Waals surface area contributed by atoms with Gasteiger partial charge in [0.1, 0.15) is 11.6 Å². The van der Waals surface area contributed by atoms with Crippen LogP contribution in [-0.2, 0) is 0 Å². The van der Waals surface area contributed by atoms with Gasteiger partial charge in [0.2, 0.25) is 0 Å². The average molecular weight is 314 g/mol. The van der Waals surface area contributed by atoms with E-state index >= 15 is 0 Å². The van der Waals surface area contributed by atoms with Crippen molar-refractivity contribution in [2.24, 2.45) is 5.84 Å². The van der Waals surface area contributed by atoms with Crippen LogP contribution in [0.3, 0.4) is 0 Å². The van der Waals surface area contributed by atoms with Gasteiger partial charge in [-0.1, -0.05) is 0 Å². The van der Waals surface area contributed by atoms with E-state index < -0.39 is 17.7 Å². The second kappa shape index (κ2) is 5.51. The first-order valence-corrected chi connectivity index (χ1v) is 5.94. The van der Waals surface area contributed by atoms with E-state index in [0.717, 1.165) is 18.2 Å². The van der Waals surface area contributed by atoms with Gasteiger partial charge in [0.25, 0.3) is 0 Å². The van der Waals surface area contributed by atoms with Crippen molar-refractivity contribution in [2.45, 2.75) is 6.04 Å². The van der Waals surface area contributed by atoms with Crippen molar-refractivity contribution in [3.05, 3.63) is 63.9 Å². The first-order valence-electron chi connectivity index (χ1n) is 5.15. The zero-order valence-electron chi connectivity index (χ0n) is 9.20. The lowest BCUT2D eigenvalue weighted by Crippen LogP contribution is -2.30. The number of hydrogen-bond acceptors (Lipinski definition) is 3. The number of halogens is 3. The number of aromatic nitrogens is 1. The number of hydrogen-bond donors (Lipinski definition) is 2. The highest BCUT2D eigenvalue weighted by molar-refractivity contribution is 9.10.